The second-order valence-corrected chi connectivity index (χ2v) is 7.43. The topological polar surface area (TPSA) is 77.1 Å². The summed E-state index contributed by atoms with van der Waals surface area (Å²) in [6.45, 7) is 0. The Balaban J connectivity index is 2.15. The van der Waals surface area contributed by atoms with Crippen LogP contribution >= 0.6 is 15.9 Å². The molecule has 0 spiro atoms. The van der Waals surface area contributed by atoms with E-state index in [2.05, 4.69) is 20.9 Å². The van der Waals surface area contributed by atoms with Gasteiger partial charge in [-0.15, -0.1) is 0 Å². The number of fused-ring (bicyclic) bond motifs is 1. The lowest BCUT2D eigenvalue weighted by Gasteiger charge is -2.13. The Hall–Kier alpha value is -3.19. The van der Waals surface area contributed by atoms with E-state index in [1.54, 1.807) is 31.3 Å². The third kappa shape index (κ3) is 2.93. The van der Waals surface area contributed by atoms with Crippen LogP contribution in [0.5, 0.6) is 5.75 Å². The van der Waals surface area contributed by atoms with Gasteiger partial charge in [0, 0.05) is 29.7 Å². The SMILES string of the molecule is Cn1c(=O)c2c(-c3ccc(Br)cc3)cc(-c3ccc(O)cc3)nc2n(C)c1=O. The van der Waals surface area contributed by atoms with Gasteiger partial charge in [0.1, 0.15) is 5.75 Å². The molecule has 0 unspecified atom stereocenters. The molecule has 2 aromatic carbocycles. The summed E-state index contributed by atoms with van der Waals surface area (Å²) in [4.78, 5) is 30.0. The Morgan fingerprint density at radius 1 is 0.893 bits per heavy atom. The van der Waals surface area contributed by atoms with Crippen LogP contribution < -0.4 is 11.2 Å². The lowest BCUT2D eigenvalue weighted by molar-refractivity contribution is 0.475. The van der Waals surface area contributed by atoms with Crippen molar-refractivity contribution in [3.05, 3.63) is 79.9 Å². The van der Waals surface area contributed by atoms with E-state index in [4.69, 9.17) is 0 Å². The van der Waals surface area contributed by atoms with E-state index in [1.165, 1.54) is 11.6 Å². The van der Waals surface area contributed by atoms with Gasteiger partial charge >= 0.3 is 5.69 Å². The zero-order valence-corrected chi connectivity index (χ0v) is 16.8. The number of nitrogens with zero attached hydrogens (tertiary/aromatic N) is 3. The summed E-state index contributed by atoms with van der Waals surface area (Å²) in [6.07, 6.45) is 0. The molecule has 0 radical (unpaired) electrons. The largest absolute Gasteiger partial charge is 0.508 e. The van der Waals surface area contributed by atoms with Gasteiger partial charge in [0.15, 0.2) is 5.65 Å². The quantitative estimate of drug-likeness (QED) is 0.520. The number of aromatic nitrogens is 3. The Labute approximate surface area is 168 Å². The van der Waals surface area contributed by atoms with Crippen LogP contribution in [0.2, 0.25) is 0 Å². The molecule has 0 fully saturated rings. The molecule has 140 valence electrons. The number of phenols is 1. The fourth-order valence-electron chi connectivity index (χ4n) is 3.19. The van der Waals surface area contributed by atoms with Crippen LogP contribution in [0.15, 0.2) is 68.7 Å². The molecule has 0 aliphatic carbocycles. The highest BCUT2D eigenvalue weighted by Crippen LogP contribution is 2.31. The minimum absolute atomic E-state index is 0.152. The smallest absolute Gasteiger partial charge is 0.332 e. The average Bonchev–Trinajstić information content (AvgIpc) is 2.71. The molecule has 7 heteroatoms. The number of aryl methyl sites for hydroxylation is 1. The maximum atomic E-state index is 12.9. The highest BCUT2D eigenvalue weighted by atomic mass is 79.9. The molecule has 0 saturated carbocycles. The molecule has 4 rings (SSSR count). The zero-order chi connectivity index (χ0) is 20.0. The van der Waals surface area contributed by atoms with Crippen LogP contribution in [0.25, 0.3) is 33.4 Å². The normalized spacial score (nSPS) is 11.1. The summed E-state index contributed by atoms with van der Waals surface area (Å²) >= 11 is 3.43. The van der Waals surface area contributed by atoms with Crippen molar-refractivity contribution >= 4 is 27.0 Å². The molecule has 4 aromatic rings. The minimum atomic E-state index is -0.436. The molecule has 0 saturated heterocycles. The molecule has 0 amide bonds. The highest BCUT2D eigenvalue weighted by molar-refractivity contribution is 9.10. The summed E-state index contributed by atoms with van der Waals surface area (Å²) in [5.74, 6) is 0.152. The predicted octanol–water partition coefficient (Wildman–Crippen LogP) is 3.43. The lowest BCUT2D eigenvalue weighted by Crippen LogP contribution is -2.37. The molecule has 0 aliphatic rings. The van der Waals surface area contributed by atoms with Crippen LogP contribution in [0.1, 0.15) is 0 Å². The number of hydrogen-bond donors (Lipinski definition) is 1. The van der Waals surface area contributed by atoms with E-state index in [9.17, 15) is 14.7 Å². The molecule has 28 heavy (non-hydrogen) atoms. The van der Waals surface area contributed by atoms with Gasteiger partial charge in [-0.3, -0.25) is 13.9 Å². The Morgan fingerprint density at radius 2 is 1.50 bits per heavy atom. The third-order valence-corrected chi connectivity index (χ3v) is 5.26. The molecular weight excluding hydrogens is 422 g/mol. The molecule has 2 heterocycles. The van der Waals surface area contributed by atoms with Crippen LogP contribution in [0.4, 0.5) is 0 Å². The van der Waals surface area contributed by atoms with Gasteiger partial charge in [0.25, 0.3) is 5.56 Å². The maximum Gasteiger partial charge on any atom is 0.332 e. The molecule has 2 aromatic heterocycles. The number of rotatable bonds is 2. The van der Waals surface area contributed by atoms with Crippen molar-refractivity contribution in [2.75, 3.05) is 0 Å². The van der Waals surface area contributed by atoms with E-state index in [-0.39, 0.29) is 11.3 Å². The predicted molar refractivity (Wildman–Crippen MR) is 112 cm³/mol. The first-order valence-corrected chi connectivity index (χ1v) is 9.32. The van der Waals surface area contributed by atoms with Crippen molar-refractivity contribution in [3.8, 4) is 28.1 Å². The lowest BCUT2D eigenvalue weighted by atomic mass is 10.00. The van der Waals surface area contributed by atoms with Crippen LogP contribution in [-0.2, 0) is 14.1 Å². The van der Waals surface area contributed by atoms with E-state index in [0.717, 1.165) is 20.2 Å². The first kappa shape index (κ1) is 18.2. The number of benzene rings is 2. The van der Waals surface area contributed by atoms with Gasteiger partial charge in [-0.1, -0.05) is 28.1 Å². The summed E-state index contributed by atoms with van der Waals surface area (Å²) in [5, 5.41) is 9.95. The monoisotopic (exact) mass is 437 g/mol. The number of aromatic hydroxyl groups is 1. The Bertz CT molecular complexity index is 1320. The number of pyridine rings is 1. The maximum absolute atomic E-state index is 12.9. The summed E-state index contributed by atoms with van der Waals surface area (Å²) < 4.78 is 3.39. The van der Waals surface area contributed by atoms with E-state index in [1.807, 2.05) is 30.3 Å². The summed E-state index contributed by atoms with van der Waals surface area (Å²) in [6, 6.07) is 16.1. The van der Waals surface area contributed by atoms with Gasteiger partial charge in [0.2, 0.25) is 0 Å². The van der Waals surface area contributed by atoms with Crippen molar-refractivity contribution in [2.45, 2.75) is 0 Å². The van der Waals surface area contributed by atoms with Crippen LogP contribution in [0.3, 0.4) is 0 Å². The van der Waals surface area contributed by atoms with E-state index < -0.39 is 5.69 Å². The summed E-state index contributed by atoms with van der Waals surface area (Å²) in [5.41, 5.74) is 2.40. The van der Waals surface area contributed by atoms with Crippen LogP contribution in [0, 0.1) is 0 Å². The highest BCUT2D eigenvalue weighted by Gasteiger charge is 2.17. The fourth-order valence-corrected chi connectivity index (χ4v) is 3.46. The number of halogens is 1. The molecule has 0 bridgehead atoms. The van der Waals surface area contributed by atoms with Crippen molar-refractivity contribution in [2.24, 2.45) is 14.1 Å². The second-order valence-electron chi connectivity index (χ2n) is 6.51. The van der Waals surface area contributed by atoms with Gasteiger partial charge in [-0.25, -0.2) is 9.78 Å². The van der Waals surface area contributed by atoms with Crippen molar-refractivity contribution in [1.82, 2.24) is 14.1 Å². The van der Waals surface area contributed by atoms with Crippen molar-refractivity contribution in [3.63, 3.8) is 0 Å². The summed E-state index contributed by atoms with van der Waals surface area (Å²) in [7, 11) is 3.06. The van der Waals surface area contributed by atoms with E-state index >= 15 is 0 Å². The van der Waals surface area contributed by atoms with Crippen molar-refractivity contribution < 1.29 is 5.11 Å². The Kier molecular flexibility index (Phi) is 4.39. The average molecular weight is 438 g/mol. The van der Waals surface area contributed by atoms with Crippen LogP contribution in [-0.4, -0.2) is 19.2 Å². The van der Waals surface area contributed by atoms with Crippen molar-refractivity contribution in [1.29, 1.82) is 0 Å². The van der Waals surface area contributed by atoms with E-state index in [0.29, 0.717) is 22.3 Å². The number of hydrogen-bond acceptors (Lipinski definition) is 4. The minimum Gasteiger partial charge on any atom is -0.508 e. The van der Waals surface area contributed by atoms with Gasteiger partial charge < -0.3 is 5.11 Å². The molecular formula is C21H16BrN3O3. The van der Waals surface area contributed by atoms with Gasteiger partial charge in [0.05, 0.1) is 11.1 Å². The Morgan fingerprint density at radius 3 is 2.14 bits per heavy atom. The molecule has 6 nitrogen and oxygen atoms in total. The third-order valence-electron chi connectivity index (χ3n) is 4.73. The standard InChI is InChI=1S/C21H16BrN3O3/c1-24-19-18(20(27)25(2)21(24)28)16(12-3-7-14(22)8-4-12)11-17(23-19)13-5-9-15(26)10-6-13/h3-11,26H,1-2H3. The first-order chi connectivity index (χ1) is 13.4. The molecule has 1 N–H and O–H groups in total. The zero-order valence-electron chi connectivity index (χ0n) is 15.2. The molecule has 0 aliphatic heterocycles. The fraction of sp³-hybridized carbons (Fsp3) is 0.0952. The number of phenolic OH excluding ortho intramolecular Hbond substituents is 1. The van der Waals surface area contributed by atoms with Gasteiger partial charge in [-0.2, -0.15) is 0 Å². The second kappa shape index (κ2) is 6.76. The first-order valence-electron chi connectivity index (χ1n) is 8.53. The molecule has 0 atom stereocenters. The van der Waals surface area contributed by atoms with Gasteiger partial charge in [-0.05, 0) is 48.0 Å².